The summed E-state index contributed by atoms with van der Waals surface area (Å²) in [5.41, 5.74) is 1.57. The number of alkyl carbamates (subject to hydrolysis) is 1. The maximum Gasteiger partial charge on any atom is 0.413 e. The van der Waals surface area contributed by atoms with Gasteiger partial charge in [0.15, 0.2) is 0 Å². The van der Waals surface area contributed by atoms with Crippen LogP contribution in [0.3, 0.4) is 0 Å². The third kappa shape index (κ3) is 4.25. The van der Waals surface area contributed by atoms with Gasteiger partial charge < -0.3 is 15.4 Å². The first-order chi connectivity index (χ1) is 13.5. The number of ether oxygens (including phenoxy) is 1. The maximum atomic E-state index is 12.7. The quantitative estimate of drug-likeness (QED) is 0.672. The van der Waals surface area contributed by atoms with Crippen molar-refractivity contribution in [3.8, 4) is 0 Å². The predicted octanol–water partition coefficient (Wildman–Crippen LogP) is 3.02. The van der Waals surface area contributed by atoms with Crippen molar-refractivity contribution in [1.82, 2.24) is 10.6 Å². The molecule has 2 heterocycles. The Hall–Kier alpha value is -1.87. The zero-order valence-electron chi connectivity index (χ0n) is 15.5. The molecule has 1 saturated heterocycles. The van der Waals surface area contributed by atoms with Crippen LogP contribution in [0.25, 0.3) is 0 Å². The normalized spacial score (nSPS) is 25.5. The van der Waals surface area contributed by atoms with Crippen LogP contribution in [0, 0.1) is 11.8 Å². The van der Waals surface area contributed by atoms with Crippen LogP contribution in [0.4, 0.5) is 10.5 Å². The molecule has 3 N–H and O–H groups in total. The van der Waals surface area contributed by atoms with E-state index < -0.39 is 17.9 Å². The molecular formula is C19H23N3O4S2. The standard InChI is InChI=1S/C19H23N3O4S2/c1-2-26-19(25)22-16(24)12-7-8-27-18(12)21-15(23)11-5-6-14-13(9-11)20-17(28-14)10-3-4-10/h5-6,9-10,12,17-18,20H,2-4,7-8H2,1H3,(H,21,23)(H,22,24,25). The molecule has 1 aliphatic carbocycles. The van der Waals surface area contributed by atoms with Gasteiger partial charge in [-0.15, -0.1) is 11.8 Å². The van der Waals surface area contributed by atoms with E-state index in [1.54, 1.807) is 6.92 Å². The fourth-order valence-electron chi connectivity index (χ4n) is 3.39. The van der Waals surface area contributed by atoms with Crippen molar-refractivity contribution in [3.05, 3.63) is 23.8 Å². The monoisotopic (exact) mass is 421 g/mol. The van der Waals surface area contributed by atoms with Crippen LogP contribution in [0.15, 0.2) is 23.1 Å². The molecule has 4 rings (SSSR count). The second kappa shape index (κ2) is 8.24. The number of benzene rings is 1. The zero-order chi connectivity index (χ0) is 19.7. The third-order valence-corrected chi connectivity index (χ3v) is 7.69. The second-order valence-corrected chi connectivity index (χ2v) is 9.53. The Morgan fingerprint density at radius 2 is 2.07 bits per heavy atom. The van der Waals surface area contributed by atoms with E-state index in [1.807, 2.05) is 30.0 Å². The van der Waals surface area contributed by atoms with Gasteiger partial charge in [0.1, 0.15) is 0 Å². The summed E-state index contributed by atoms with van der Waals surface area (Å²) in [5.74, 6) is 0.395. The highest BCUT2D eigenvalue weighted by molar-refractivity contribution is 8.00. The molecule has 3 aliphatic rings. The molecule has 3 amide bonds. The summed E-state index contributed by atoms with van der Waals surface area (Å²) in [5, 5.41) is 8.74. The van der Waals surface area contributed by atoms with Crippen molar-refractivity contribution in [1.29, 1.82) is 0 Å². The Morgan fingerprint density at radius 1 is 1.25 bits per heavy atom. The van der Waals surface area contributed by atoms with Crippen LogP contribution >= 0.6 is 23.5 Å². The van der Waals surface area contributed by atoms with Crippen LogP contribution < -0.4 is 16.0 Å². The van der Waals surface area contributed by atoms with Gasteiger partial charge in [-0.3, -0.25) is 14.9 Å². The second-order valence-electron chi connectivity index (χ2n) is 7.10. The number of amides is 3. The molecule has 28 heavy (non-hydrogen) atoms. The summed E-state index contributed by atoms with van der Waals surface area (Å²) in [6.45, 7) is 1.88. The fraction of sp³-hybridized carbons (Fsp3) is 0.526. The van der Waals surface area contributed by atoms with Gasteiger partial charge >= 0.3 is 6.09 Å². The van der Waals surface area contributed by atoms with E-state index >= 15 is 0 Å². The van der Waals surface area contributed by atoms with Crippen molar-refractivity contribution in [3.63, 3.8) is 0 Å². The lowest BCUT2D eigenvalue weighted by Gasteiger charge is -2.19. The summed E-state index contributed by atoms with van der Waals surface area (Å²) in [6.07, 6.45) is 2.38. The average Bonchev–Trinajstić information content (AvgIpc) is 3.26. The molecule has 3 unspecified atom stereocenters. The number of hydrogen-bond donors (Lipinski definition) is 3. The number of fused-ring (bicyclic) bond motifs is 1. The van der Waals surface area contributed by atoms with Crippen LogP contribution in [0.1, 0.15) is 36.5 Å². The number of nitrogens with one attached hydrogen (secondary N) is 3. The van der Waals surface area contributed by atoms with Gasteiger partial charge in [0.25, 0.3) is 5.91 Å². The van der Waals surface area contributed by atoms with Gasteiger partial charge in [0.05, 0.1) is 23.3 Å². The highest BCUT2D eigenvalue weighted by Gasteiger charge is 2.37. The minimum atomic E-state index is -0.748. The molecule has 0 radical (unpaired) electrons. The first kappa shape index (κ1) is 19.4. The Labute approximate surface area is 172 Å². The molecule has 2 aliphatic heterocycles. The van der Waals surface area contributed by atoms with Gasteiger partial charge in [-0.1, -0.05) is 11.8 Å². The topological polar surface area (TPSA) is 96.5 Å². The number of carbonyl (C=O) groups excluding carboxylic acids is 3. The maximum absolute atomic E-state index is 12.7. The van der Waals surface area contributed by atoms with E-state index in [-0.39, 0.29) is 17.9 Å². The van der Waals surface area contributed by atoms with Gasteiger partial charge in [0, 0.05) is 16.1 Å². The lowest BCUT2D eigenvalue weighted by molar-refractivity contribution is -0.124. The number of anilines is 1. The highest BCUT2D eigenvalue weighted by Crippen LogP contribution is 2.48. The molecule has 0 spiro atoms. The Kier molecular flexibility index (Phi) is 5.73. The predicted molar refractivity (Wildman–Crippen MR) is 109 cm³/mol. The van der Waals surface area contributed by atoms with Crippen LogP contribution in [-0.4, -0.2) is 41.0 Å². The van der Waals surface area contributed by atoms with E-state index in [1.165, 1.54) is 29.5 Å². The van der Waals surface area contributed by atoms with Crippen molar-refractivity contribution in [2.45, 2.75) is 41.8 Å². The smallest absolute Gasteiger partial charge is 0.413 e. The molecule has 1 aromatic rings. The number of thioether (sulfide) groups is 2. The Morgan fingerprint density at radius 3 is 2.82 bits per heavy atom. The molecule has 1 saturated carbocycles. The number of carbonyl (C=O) groups is 3. The largest absolute Gasteiger partial charge is 0.450 e. The molecule has 0 aromatic heterocycles. The van der Waals surface area contributed by atoms with Crippen molar-refractivity contribution >= 4 is 47.1 Å². The molecule has 150 valence electrons. The Balaban J connectivity index is 1.37. The van der Waals surface area contributed by atoms with Crippen LogP contribution in [0.2, 0.25) is 0 Å². The molecule has 7 nitrogen and oxygen atoms in total. The fourth-order valence-corrected chi connectivity index (χ4v) is 6.03. The lowest BCUT2D eigenvalue weighted by atomic mass is 10.1. The van der Waals surface area contributed by atoms with Gasteiger partial charge in [0.2, 0.25) is 5.91 Å². The third-order valence-electron chi connectivity index (χ3n) is 5.05. The van der Waals surface area contributed by atoms with E-state index in [0.29, 0.717) is 17.4 Å². The molecular weight excluding hydrogens is 398 g/mol. The van der Waals surface area contributed by atoms with E-state index in [4.69, 9.17) is 4.74 Å². The van der Waals surface area contributed by atoms with Crippen LogP contribution in [-0.2, 0) is 9.53 Å². The van der Waals surface area contributed by atoms with Gasteiger partial charge in [-0.25, -0.2) is 4.79 Å². The summed E-state index contributed by atoms with van der Waals surface area (Å²) in [4.78, 5) is 37.7. The summed E-state index contributed by atoms with van der Waals surface area (Å²) in [6, 6.07) is 5.69. The average molecular weight is 422 g/mol. The SMILES string of the molecule is CCOC(=O)NC(=O)C1CCSC1NC(=O)c1ccc2c(c1)NC(C1CC1)S2. The Bertz CT molecular complexity index is 799. The van der Waals surface area contributed by atoms with Crippen molar-refractivity contribution < 1.29 is 19.1 Å². The molecule has 9 heteroatoms. The summed E-state index contributed by atoms with van der Waals surface area (Å²) in [7, 11) is 0. The number of hydrogen-bond acceptors (Lipinski definition) is 7. The van der Waals surface area contributed by atoms with E-state index in [0.717, 1.165) is 17.4 Å². The molecule has 1 aromatic carbocycles. The first-order valence-corrected chi connectivity index (χ1v) is 11.5. The van der Waals surface area contributed by atoms with Crippen molar-refractivity contribution in [2.75, 3.05) is 17.7 Å². The number of imide groups is 1. The highest BCUT2D eigenvalue weighted by atomic mass is 32.2. The lowest BCUT2D eigenvalue weighted by Crippen LogP contribution is -2.44. The van der Waals surface area contributed by atoms with Crippen LogP contribution in [0.5, 0.6) is 0 Å². The van der Waals surface area contributed by atoms with E-state index in [2.05, 4.69) is 16.0 Å². The van der Waals surface area contributed by atoms with Crippen molar-refractivity contribution in [2.24, 2.45) is 11.8 Å². The zero-order valence-corrected chi connectivity index (χ0v) is 17.2. The summed E-state index contributed by atoms with van der Waals surface area (Å²) >= 11 is 3.35. The summed E-state index contributed by atoms with van der Waals surface area (Å²) < 4.78 is 4.76. The first-order valence-electron chi connectivity index (χ1n) is 9.52. The minimum absolute atomic E-state index is 0.199. The molecule has 3 atom stereocenters. The molecule has 2 fully saturated rings. The van der Waals surface area contributed by atoms with E-state index in [9.17, 15) is 14.4 Å². The molecule has 0 bridgehead atoms. The van der Waals surface area contributed by atoms with Gasteiger partial charge in [-0.05, 0) is 56.1 Å². The number of rotatable bonds is 5. The minimum Gasteiger partial charge on any atom is -0.450 e. The van der Waals surface area contributed by atoms with Gasteiger partial charge in [-0.2, -0.15) is 0 Å².